The van der Waals surface area contributed by atoms with E-state index in [9.17, 15) is 4.79 Å². The first-order valence-electron chi connectivity index (χ1n) is 4.77. The van der Waals surface area contributed by atoms with Gasteiger partial charge in [0.1, 0.15) is 5.88 Å². The number of carbonyl (C=O) groups is 1. The van der Waals surface area contributed by atoms with Gasteiger partial charge in [0.05, 0.1) is 0 Å². The first kappa shape index (κ1) is 9.53. The number of amides is 1. The van der Waals surface area contributed by atoms with E-state index in [0.717, 1.165) is 25.1 Å². The van der Waals surface area contributed by atoms with Gasteiger partial charge in [-0.1, -0.05) is 18.2 Å². The highest BCUT2D eigenvalue weighted by atomic mass is 35.5. The number of para-hydroxylation sites is 1. The van der Waals surface area contributed by atoms with Gasteiger partial charge in [-0.3, -0.25) is 4.79 Å². The predicted octanol–water partition coefficient (Wildman–Crippen LogP) is 2.20. The number of hydrogen-bond donors (Lipinski definition) is 0. The number of anilines is 1. The molecule has 0 radical (unpaired) electrons. The number of fused-ring (bicyclic) bond motifs is 1. The normalized spacial score (nSPS) is 15.1. The lowest BCUT2D eigenvalue weighted by atomic mass is 10.0. The van der Waals surface area contributed by atoms with E-state index in [1.165, 1.54) is 5.56 Å². The highest BCUT2D eigenvalue weighted by Crippen LogP contribution is 2.26. The van der Waals surface area contributed by atoms with Gasteiger partial charge in [-0.05, 0) is 24.5 Å². The maximum absolute atomic E-state index is 11.5. The Morgan fingerprint density at radius 3 is 3.00 bits per heavy atom. The van der Waals surface area contributed by atoms with Crippen LogP contribution in [0.5, 0.6) is 0 Å². The second-order valence-corrected chi connectivity index (χ2v) is 3.68. The summed E-state index contributed by atoms with van der Waals surface area (Å²) in [6, 6.07) is 8.02. The molecular weight excluding hydrogens is 198 g/mol. The van der Waals surface area contributed by atoms with Crippen LogP contribution in [0, 0.1) is 0 Å². The average Bonchev–Trinajstić information content (AvgIpc) is 2.27. The van der Waals surface area contributed by atoms with Gasteiger partial charge in [-0.25, -0.2) is 0 Å². The lowest BCUT2D eigenvalue weighted by Crippen LogP contribution is -2.36. The molecule has 0 saturated carbocycles. The fourth-order valence-corrected chi connectivity index (χ4v) is 2.01. The Labute approximate surface area is 88.5 Å². The van der Waals surface area contributed by atoms with Crippen molar-refractivity contribution in [2.75, 3.05) is 17.3 Å². The van der Waals surface area contributed by atoms with E-state index in [4.69, 9.17) is 11.6 Å². The molecule has 14 heavy (non-hydrogen) atoms. The highest BCUT2D eigenvalue weighted by Gasteiger charge is 2.20. The first-order chi connectivity index (χ1) is 6.83. The summed E-state index contributed by atoms with van der Waals surface area (Å²) in [5.41, 5.74) is 2.28. The number of rotatable bonds is 1. The molecule has 1 heterocycles. The van der Waals surface area contributed by atoms with Gasteiger partial charge in [0.15, 0.2) is 0 Å². The van der Waals surface area contributed by atoms with Crippen molar-refractivity contribution in [2.45, 2.75) is 12.8 Å². The summed E-state index contributed by atoms with van der Waals surface area (Å²) in [7, 11) is 0. The molecule has 0 bridgehead atoms. The molecule has 74 valence electrons. The van der Waals surface area contributed by atoms with Crippen molar-refractivity contribution in [3.8, 4) is 0 Å². The summed E-state index contributed by atoms with van der Waals surface area (Å²) in [6.07, 6.45) is 2.09. The lowest BCUT2D eigenvalue weighted by molar-refractivity contribution is -0.116. The molecule has 0 atom stereocenters. The summed E-state index contributed by atoms with van der Waals surface area (Å²) in [6.45, 7) is 0.794. The Kier molecular flexibility index (Phi) is 2.73. The molecular formula is C11H12ClNO. The smallest absolute Gasteiger partial charge is 0.241 e. The molecule has 0 saturated heterocycles. The van der Waals surface area contributed by atoms with Crippen LogP contribution < -0.4 is 4.90 Å². The molecule has 2 nitrogen and oxygen atoms in total. The van der Waals surface area contributed by atoms with Crippen molar-refractivity contribution in [1.82, 2.24) is 0 Å². The molecule has 1 amide bonds. The third-order valence-electron chi connectivity index (χ3n) is 2.53. The van der Waals surface area contributed by atoms with Crippen molar-refractivity contribution in [3.63, 3.8) is 0 Å². The van der Waals surface area contributed by atoms with E-state index in [2.05, 4.69) is 6.07 Å². The van der Waals surface area contributed by atoms with Gasteiger partial charge >= 0.3 is 0 Å². The minimum absolute atomic E-state index is 0.00110. The molecule has 1 aliphatic heterocycles. The third kappa shape index (κ3) is 1.62. The number of halogens is 1. The molecule has 0 aliphatic carbocycles. The van der Waals surface area contributed by atoms with Crippen LogP contribution in [0.4, 0.5) is 5.69 Å². The Balaban J connectivity index is 2.35. The zero-order chi connectivity index (χ0) is 9.97. The number of nitrogens with zero attached hydrogens (tertiary/aromatic N) is 1. The quantitative estimate of drug-likeness (QED) is 0.650. The predicted molar refractivity (Wildman–Crippen MR) is 57.8 cm³/mol. The maximum atomic E-state index is 11.5. The SMILES string of the molecule is O=C(CCl)N1CCCc2ccccc21. The molecule has 2 rings (SSSR count). The highest BCUT2D eigenvalue weighted by molar-refractivity contribution is 6.29. The Hall–Kier alpha value is -1.02. The number of benzene rings is 1. The summed E-state index contributed by atoms with van der Waals surface area (Å²) in [5, 5.41) is 0. The molecule has 0 fully saturated rings. The van der Waals surface area contributed by atoms with Crippen molar-refractivity contribution in [3.05, 3.63) is 29.8 Å². The van der Waals surface area contributed by atoms with Crippen LogP contribution in [0.1, 0.15) is 12.0 Å². The fourth-order valence-electron chi connectivity index (χ4n) is 1.86. The van der Waals surface area contributed by atoms with E-state index in [1.54, 1.807) is 4.90 Å². The molecule has 0 N–H and O–H groups in total. The maximum Gasteiger partial charge on any atom is 0.241 e. The number of aryl methyl sites for hydroxylation is 1. The molecule has 1 aromatic rings. The summed E-state index contributed by atoms with van der Waals surface area (Å²) < 4.78 is 0. The minimum Gasteiger partial charge on any atom is -0.311 e. The molecule has 0 spiro atoms. The van der Waals surface area contributed by atoms with Crippen LogP contribution in [0.25, 0.3) is 0 Å². The Bertz CT molecular complexity index is 351. The molecule has 1 aromatic carbocycles. The molecule has 0 unspecified atom stereocenters. The second kappa shape index (κ2) is 4.01. The zero-order valence-electron chi connectivity index (χ0n) is 7.87. The standard InChI is InChI=1S/C11H12ClNO/c12-8-11(14)13-7-3-5-9-4-1-2-6-10(9)13/h1-2,4,6H,3,5,7-8H2. The molecule has 0 aromatic heterocycles. The van der Waals surface area contributed by atoms with E-state index in [-0.39, 0.29) is 11.8 Å². The van der Waals surface area contributed by atoms with E-state index >= 15 is 0 Å². The van der Waals surface area contributed by atoms with Gasteiger partial charge in [0.2, 0.25) is 5.91 Å². The minimum atomic E-state index is -0.00110. The first-order valence-corrected chi connectivity index (χ1v) is 5.30. The van der Waals surface area contributed by atoms with Crippen molar-refractivity contribution in [1.29, 1.82) is 0 Å². The fraction of sp³-hybridized carbons (Fsp3) is 0.364. The zero-order valence-corrected chi connectivity index (χ0v) is 8.63. The van der Waals surface area contributed by atoms with Crippen molar-refractivity contribution >= 4 is 23.2 Å². The molecule has 3 heteroatoms. The van der Waals surface area contributed by atoms with E-state index < -0.39 is 0 Å². The van der Waals surface area contributed by atoms with Gasteiger partial charge in [0, 0.05) is 12.2 Å². The van der Waals surface area contributed by atoms with Crippen LogP contribution in [-0.4, -0.2) is 18.3 Å². The van der Waals surface area contributed by atoms with E-state index in [1.807, 2.05) is 18.2 Å². The van der Waals surface area contributed by atoms with Gasteiger partial charge in [0.25, 0.3) is 0 Å². The Morgan fingerprint density at radius 1 is 1.43 bits per heavy atom. The summed E-state index contributed by atoms with van der Waals surface area (Å²) in [4.78, 5) is 13.3. The topological polar surface area (TPSA) is 20.3 Å². The number of alkyl halides is 1. The second-order valence-electron chi connectivity index (χ2n) is 3.41. The number of carbonyl (C=O) groups excluding carboxylic acids is 1. The third-order valence-corrected chi connectivity index (χ3v) is 2.75. The van der Waals surface area contributed by atoms with Crippen LogP contribution >= 0.6 is 11.6 Å². The largest absolute Gasteiger partial charge is 0.311 e. The van der Waals surface area contributed by atoms with Crippen LogP contribution in [0.15, 0.2) is 24.3 Å². The molecule has 1 aliphatic rings. The van der Waals surface area contributed by atoms with E-state index in [0.29, 0.717) is 0 Å². The summed E-state index contributed by atoms with van der Waals surface area (Å²) in [5.74, 6) is 0.0627. The van der Waals surface area contributed by atoms with Crippen molar-refractivity contribution < 1.29 is 4.79 Å². The van der Waals surface area contributed by atoms with Crippen LogP contribution in [0.2, 0.25) is 0 Å². The van der Waals surface area contributed by atoms with Crippen LogP contribution in [0.3, 0.4) is 0 Å². The van der Waals surface area contributed by atoms with Crippen LogP contribution in [-0.2, 0) is 11.2 Å². The van der Waals surface area contributed by atoms with Gasteiger partial charge < -0.3 is 4.90 Å². The number of hydrogen-bond acceptors (Lipinski definition) is 1. The van der Waals surface area contributed by atoms with Gasteiger partial charge in [-0.15, -0.1) is 11.6 Å². The lowest BCUT2D eigenvalue weighted by Gasteiger charge is -2.28. The average molecular weight is 210 g/mol. The summed E-state index contributed by atoms with van der Waals surface area (Å²) >= 11 is 5.56. The monoisotopic (exact) mass is 209 g/mol. The van der Waals surface area contributed by atoms with Crippen molar-refractivity contribution in [2.24, 2.45) is 0 Å². The van der Waals surface area contributed by atoms with Gasteiger partial charge in [-0.2, -0.15) is 0 Å². The Morgan fingerprint density at radius 2 is 2.21 bits per heavy atom.